The van der Waals surface area contributed by atoms with E-state index in [0.29, 0.717) is 0 Å². The molecule has 0 unspecified atom stereocenters. The Hall–Kier alpha value is -6.18. The van der Waals surface area contributed by atoms with Gasteiger partial charge in [0.2, 0.25) is 0 Å². The van der Waals surface area contributed by atoms with Gasteiger partial charge in [-0.1, -0.05) is 153 Å². The first-order chi connectivity index (χ1) is 24.9. The number of rotatable bonds is 6. The molecule has 8 aromatic rings. The number of para-hydroxylation sites is 1. The monoisotopic (exact) mass is 653 g/mol. The van der Waals surface area contributed by atoms with Gasteiger partial charge in [0.15, 0.2) is 0 Å². The van der Waals surface area contributed by atoms with E-state index in [9.17, 15) is 0 Å². The van der Waals surface area contributed by atoms with E-state index in [1.807, 2.05) is 0 Å². The van der Waals surface area contributed by atoms with Crippen molar-refractivity contribution in [1.29, 1.82) is 0 Å². The van der Waals surface area contributed by atoms with E-state index in [-0.39, 0.29) is 5.41 Å². The van der Waals surface area contributed by atoms with Crippen LogP contribution in [0.5, 0.6) is 0 Å². The zero-order valence-electron chi connectivity index (χ0n) is 29.3. The molecular weight excluding hydrogens is 615 g/mol. The van der Waals surface area contributed by atoms with Gasteiger partial charge in [0.05, 0.1) is 0 Å². The van der Waals surface area contributed by atoms with Crippen LogP contribution >= 0.6 is 0 Å². The van der Waals surface area contributed by atoms with Gasteiger partial charge in [0.1, 0.15) is 0 Å². The predicted molar refractivity (Wildman–Crippen MR) is 217 cm³/mol. The van der Waals surface area contributed by atoms with E-state index in [2.05, 4.69) is 208 Å². The molecule has 1 heteroatoms. The topological polar surface area (TPSA) is 3.24 Å². The lowest BCUT2D eigenvalue weighted by Gasteiger charge is -2.29. The Morgan fingerprint density at radius 3 is 1.57 bits per heavy atom. The lowest BCUT2D eigenvalue weighted by molar-refractivity contribution is 0.660. The third-order valence-electron chi connectivity index (χ3n) is 10.8. The summed E-state index contributed by atoms with van der Waals surface area (Å²) >= 11 is 0. The number of benzene rings is 8. The third-order valence-corrected chi connectivity index (χ3v) is 10.8. The van der Waals surface area contributed by atoms with E-state index in [1.165, 1.54) is 83.3 Å². The Morgan fingerprint density at radius 2 is 0.863 bits per heavy atom. The largest absolute Gasteiger partial charge is 0.310 e. The van der Waals surface area contributed by atoms with E-state index >= 15 is 0 Å². The summed E-state index contributed by atoms with van der Waals surface area (Å²) in [5.41, 5.74) is 17.4. The summed E-state index contributed by atoms with van der Waals surface area (Å²) in [6.07, 6.45) is 0. The average molecular weight is 654 g/mol. The zero-order valence-corrected chi connectivity index (χ0v) is 29.3. The van der Waals surface area contributed by atoms with Crippen molar-refractivity contribution in [1.82, 2.24) is 0 Å². The summed E-state index contributed by atoms with van der Waals surface area (Å²) in [6.45, 7) is 6.95. The van der Waals surface area contributed by atoms with Gasteiger partial charge < -0.3 is 4.90 Å². The van der Waals surface area contributed by atoms with Gasteiger partial charge in [-0.25, -0.2) is 0 Å². The molecule has 0 amide bonds. The second-order valence-corrected chi connectivity index (χ2v) is 14.3. The Bertz CT molecular complexity index is 2540. The molecule has 0 saturated carbocycles. The number of nitrogens with zero attached hydrogens (tertiary/aromatic N) is 1. The second kappa shape index (κ2) is 12.3. The lowest BCUT2D eigenvalue weighted by atomic mass is 9.81. The minimum Gasteiger partial charge on any atom is -0.310 e. The van der Waals surface area contributed by atoms with Crippen molar-refractivity contribution >= 4 is 27.8 Å². The Labute approximate surface area is 301 Å². The molecular formula is C50H39N. The van der Waals surface area contributed by atoms with Gasteiger partial charge in [-0.3, -0.25) is 0 Å². The molecule has 8 aromatic carbocycles. The highest BCUT2D eigenvalue weighted by Crippen LogP contribution is 2.52. The summed E-state index contributed by atoms with van der Waals surface area (Å²) in [5.74, 6) is 0. The van der Waals surface area contributed by atoms with Crippen molar-refractivity contribution < 1.29 is 0 Å². The van der Waals surface area contributed by atoms with E-state index in [1.54, 1.807) is 0 Å². The van der Waals surface area contributed by atoms with E-state index in [4.69, 9.17) is 0 Å². The van der Waals surface area contributed by atoms with Gasteiger partial charge in [0, 0.05) is 22.5 Å². The SMILES string of the molecule is Cc1ccccc1N(c1ccc(-c2ccc(-c3ccccc3)cc2)cc1)c1ccc2c(c1)C(C)(C)c1cc(-c3ccc4ccccc4c3)ccc1-2. The molecule has 0 N–H and O–H groups in total. The highest BCUT2D eigenvalue weighted by Gasteiger charge is 2.36. The van der Waals surface area contributed by atoms with Gasteiger partial charge in [-0.15, -0.1) is 0 Å². The molecule has 0 saturated heterocycles. The third kappa shape index (κ3) is 5.43. The van der Waals surface area contributed by atoms with Crippen molar-refractivity contribution in [2.24, 2.45) is 0 Å². The molecule has 9 rings (SSSR count). The van der Waals surface area contributed by atoms with Crippen LogP contribution in [-0.2, 0) is 5.41 Å². The maximum atomic E-state index is 2.42. The highest BCUT2D eigenvalue weighted by molar-refractivity contribution is 5.90. The second-order valence-electron chi connectivity index (χ2n) is 14.3. The van der Waals surface area contributed by atoms with Crippen LogP contribution in [0.2, 0.25) is 0 Å². The fourth-order valence-corrected chi connectivity index (χ4v) is 7.94. The molecule has 51 heavy (non-hydrogen) atoms. The smallest absolute Gasteiger partial charge is 0.0490 e. The molecule has 0 aliphatic heterocycles. The summed E-state index contributed by atoms with van der Waals surface area (Å²) in [5, 5.41) is 2.54. The lowest BCUT2D eigenvalue weighted by Crippen LogP contribution is -2.17. The Kier molecular flexibility index (Phi) is 7.44. The molecule has 0 atom stereocenters. The first kappa shape index (κ1) is 30.8. The van der Waals surface area contributed by atoms with Crippen LogP contribution in [0.25, 0.3) is 55.3 Å². The van der Waals surface area contributed by atoms with Gasteiger partial charge >= 0.3 is 0 Å². The van der Waals surface area contributed by atoms with Crippen LogP contribution in [0.15, 0.2) is 182 Å². The van der Waals surface area contributed by atoms with Crippen LogP contribution in [0.3, 0.4) is 0 Å². The first-order valence-corrected chi connectivity index (χ1v) is 17.8. The molecule has 0 heterocycles. The Morgan fingerprint density at radius 1 is 0.373 bits per heavy atom. The number of aryl methyl sites for hydroxylation is 1. The van der Waals surface area contributed by atoms with Crippen LogP contribution in [0, 0.1) is 6.92 Å². The fraction of sp³-hybridized carbons (Fsp3) is 0.0800. The molecule has 0 fully saturated rings. The molecule has 0 aromatic heterocycles. The van der Waals surface area contributed by atoms with Crippen molar-refractivity contribution in [3.05, 3.63) is 199 Å². The Balaban J connectivity index is 1.08. The zero-order chi connectivity index (χ0) is 34.5. The van der Waals surface area contributed by atoms with Crippen LogP contribution < -0.4 is 4.90 Å². The molecule has 0 bridgehead atoms. The molecule has 1 nitrogen and oxygen atoms in total. The number of hydrogen-bond donors (Lipinski definition) is 0. The highest BCUT2D eigenvalue weighted by atomic mass is 15.1. The molecule has 0 radical (unpaired) electrons. The predicted octanol–water partition coefficient (Wildman–Crippen LogP) is 13.9. The first-order valence-electron chi connectivity index (χ1n) is 17.8. The number of fused-ring (bicyclic) bond motifs is 4. The van der Waals surface area contributed by atoms with E-state index in [0.717, 1.165) is 5.69 Å². The van der Waals surface area contributed by atoms with Crippen molar-refractivity contribution in [3.8, 4) is 44.5 Å². The normalized spacial score (nSPS) is 12.8. The standard InChI is InChI=1S/C50H39N/c1-34-11-7-10-16-49(34)51(43-26-23-39(24-27-43)38-19-17-37(18-20-38)35-12-5-4-6-13-35)44-28-30-46-45-29-25-42(32-47(45)50(2,3)48(46)33-44)41-22-21-36-14-8-9-15-40(36)31-41/h4-33H,1-3H3. The summed E-state index contributed by atoms with van der Waals surface area (Å²) < 4.78 is 0. The summed E-state index contributed by atoms with van der Waals surface area (Å²) in [4.78, 5) is 2.41. The van der Waals surface area contributed by atoms with Gasteiger partial charge in [-0.05, 0) is 121 Å². The maximum Gasteiger partial charge on any atom is 0.0490 e. The number of hydrogen-bond acceptors (Lipinski definition) is 1. The molecule has 244 valence electrons. The average Bonchev–Trinajstić information content (AvgIpc) is 3.41. The van der Waals surface area contributed by atoms with Crippen LogP contribution in [0.1, 0.15) is 30.5 Å². The number of anilines is 3. The quantitative estimate of drug-likeness (QED) is 0.173. The van der Waals surface area contributed by atoms with Crippen molar-refractivity contribution in [2.75, 3.05) is 4.90 Å². The molecule has 0 spiro atoms. The minimum absolute atomic E-state index is 0.152. The fourth-order valence-electron chi connectivity index (χ4n) is 7.94. The van der Waals surface area contributed by atoms with Crippen molar-refractivity contribution in [2.45, 2.75) is 26.2 Å². The van der Waals surface area contributed by atoms with Crippen LogP contribution in [0.4, 0.5) is 17.1 Å². The summed E-state index contributed by atoms with van der Waals surface area (Å²) in [6, 6.07) is 66.6. The molecule has 1 aliphatic carbocycles. The van der Waals surface area contributed by atoms with Gasteiger partial charge in [-0.2, -0.15) is 0 Å². The summed E-state index contributed by atoms with van der Waals surface area (Å²) in [7, 11) is 0. The van der Waals surface area contributed by atoms with Crippen LogP contribution in [-0.4, -0.2) is 0 Å². The minimum atomic E-state index is -0.152. The van der Waals surface area contributed by atoms with E-state index < -0.39 is 0 Å². The maximum absolute atomic E-state index is 2.42. The molecule has 1 aliphatic rings. The van der Waals surface area contributed by atoms with Gasteiger partial charge in [0.25, 0.3) is 0 Å². The van der Waals surface area contributed by atoms with Crippen molar-refractivity contribution in [3.63, 3.8) is 0 Å².